The van der Waals surface area contributed by atoms with Gasteiger partial charge in [-0.25, -0.2) is 0 Å². The van der Waals surface area contributed by atoms with Crippen molar-refractivity contribution in [3.63, 3.8) is 0 Å². The van der Waals surface area contributed by atoms with E-state index in [2.05, 4.69) is 13.8 Å². The number of carbonyl (C=O) groups is 1. The molecule has 13 heavy (non-hydrogen) atoms. The molecule has 1 unspecified atom stereocenters. The molecule has 2 nitrogen and oxygen atoms in total. The van der Waals surface area contributed by atoms with Crippen LogP contribution in [0.15, 0.2) is 0 Å². The van der Waals surface area contributed by atoms with Gasteiger partial charge in [0.05, 0.1) is 6.10 Å². The van der Waals surface area contributed by atoms with Gasteiger partial charge in [0.1, 0.15) is 5.78 Å². The van der Waals surface area contributed by atoms with Crippen LogP contribution in [0.3, 0.4) is 0 Å². The minimum absolute atomic E-state index is 0.166. The maximum absolute atomic E-state index is 11.2. The van der Waals surface area contributed by atoms with Gasteiger partial charge >= 0.3 is 0 Å². The van der Waals surface area contributed by atoms with Gasteiger partial charge in [-0.15, -0.1) is 0 Å². The molecule has 0 fully saturated rings. The number of rotatable bonds is 6. The summed E-state index contributed by atoms with van der Waals surface area (Å²) >= 11 is 0. The first-order valence-corrected chi connectivity index (χ1v) is 5.07. The monoisotopic (exact) mass is 186 g/mol. The van der Waals surface area contributed by atoms with Crippen LogP contribution in [-0.2, 0) is 9.53 Å². The molecule has 1 atom stereocenters. The van der Waals surface area contributed by atoms with Gasteiger partial charge < -0.3 is 4.74 Å². The van der Waals surface area contributed by atoms with Crippen LogP contribution >= 0.6 is 0 Å². The summed E-state index contributed by atoms with van der Waals surface area (Å²) in [6.07, 6.45) is 1.12. The van der Waals surface area contributed by atoms with Crippen molar-refractivity contribution in [2.75, 3.05) is 6.61 Å². The number of hydrogen-bond donors (Lipinski definition) is 0. The largest absolute Gasteiger partial charge is 0.379 e. The zero-order valence-electron chi connectivity index (χ0n) is 9.46. The van der Waals surface area contributed by atoms with E-state index in [1.165, 1.54) is 0 Å². The second kappa shape index (κ2) is 6.14. The average Bonchev–Trinajstić information content (AvgIpc) is 1.95. The first kappa shape index (κ1) is 12.6. The summed E-state index contributed by atoms with van der Waals surface area (Å²) in [5.74, 6) is 0.870. The predicted molar refractivity (Wildman–Crippen MR) is 54.7 cm³/mol. The fraction of sp³-hybridized carbons (Fsp3) is 0.909. The van der Waals surface area contributed by atoms with Crippen LogP contribution in [0.1, 0.15) is 41.0 Å². The Balaban J connectivity index is 3.77. The van der Waals surface area contributed by atoms with Gasteiger partial charge in [-0.2, -0.15) is 0 Å². The molecule has 0 aliphatic rings. The summed E-state index contributed by atoms with van der Waals surface area (Å²) in [6.45, 7) is 10.6. The Bertz CT molecular complexity index is 150. The smallest absolute Gasteiger partial charge is 0.133 e. The highest BCUT2D eigenvalue weighted by Gasteiger charge is 2.17. The molecule has 0 rings (SSSR count). The molecule has 0 aliphatic carbocycles. The Morgan fingerprint density at radius 1 is 1.23 bits per heavy atom. The van der Waals surface area contributed by atoms with Crippen LogP contribution in [0.25, 0.3) is 0 Å². The highest BCUT2D eigenvalue weighted by molar-refractivity contribution is 5.78. The molecule has 0 heterocycles. The molecule has 0 saturated carbocycles. The van der Waals surface area contributed by atoms with Crippen molar-refractivity contribution in [3.05, 3.63) is 0 Å². The van der Waals surface area contributed by atoms with Gasteiger partial charge in [-0.3, -0.25) is 4.79 Å². The normalized spacial score (nSPS) is 13.8. The van der Waals surface area contributed by atoms with E-state index >= 15 is 0 Å². The number of ether oxygens (including phenoxy) is 1. The number of ketones is 1. The quantitative estimate of drug-likeness (QED) is 0.637. The average molecular weight is 186 g/mol. The van der Waals surface area contributed by atoms with Crippen LogP contribution in [-0.4, -0.2) is 18.5 Å². The minimum atomic E-state index is 0.166. The highest BCUT2D eigenvalue weighted by atomic mass is 16.5. The van der Waals surface area contributed by atoms with Gasteiger partial charge in [0.25, 0.3) is 0 Å². The zero-order valence-corrected chi connectivity index (χ0v) is 9.46. The number of carbonyl (C=O) groups excluding carboxylic acids is 1. The second-order valence-electron chi connectivity index (χ2n) is 4.17. The maximum atomic E-state index is 11.2. The molecule has 0 aromatic carbocycles. The predicted octanol–water partition coefficient (Wildman–Crippen LogP) is 2.66. The van der Waals surface area contributed by atoms with Crippen LogP contribution in [0.5, 0.6) is 0 Å². The van der Waals surface area contributed by atoms with Crippen LogP contribution in [0.2, 0.25) is 0 Å². The Morgan fingerprint density at radius 2 is 1.77 bits per heavy atom. The van der Waals surface area contributed by atoms with Crippen molar-refractivity contribution >= 4 is 5.78 Å². The molecule has 0 saturated heterocycles. The number of Topliss-reactive ketones (excluding diaryl/α,β-unsaturated/α-hetero) is 1. The molecule has 0 N–H and O–H groups in total. The fourth-order valence-corrected chi connectivity index (χ4v) is 1.44. The number of hydrogen-bond acceptors (Lipinski definition) is 2. The third-order valence-corrected chi connectivity index (χ3v) is 2.21. The first-order valence-electron chi connectivity index (χ1n) is 5.07. The Hall–Kier alpha value is -0.370. The molecule has 2 heteroatoms. The van der Waals surface area contributed by atoms with Gasteiger partial charge in [-0.1, -0.05) is 13.8 Å². The van der Waals surface area contributed by atoms with Crippen molar-refractivity contribution in [3.8, 4) is 0 Å². The van der Waals surface area contributed by atoms with E-state index in [1.807, 2.05) is 13.8 Å². The Kier molecular flexibility index (Phi) is 5.97. The molecule has 0 bridgehead atoms. The minimum Gasteiger partial charge on any atom is -0.379 e. The van der Waals surface area contributed by atoms with E-state index in [9.17, 15) is 4.79 Å². The molecule has 0 amide bonds. The summed E-state index contributed by atoms with van der Waals surface area (Å²) in [6, 6.07) is 0. The second-order valence-corrected chi connectivity index (χ2v) is 4.17. The van der Waals surface area contributed by atoms with E-state index in [-0.39, 0.29) is 17.8 Å². The molecule has 0 aromatic heterocycles. The van der Waals surface area contributed by atoms with Gasteiger partial charge in [-0.05, 0) is 33.1 Å². The van der Waals surface area contributed by atoms with E-state index < -0.39 is 0 Å². The first-order chi connectivity index (χ1) is 5.95. The maximum Gasteiger partial charge on any atom is 0.133 e. The Labute approximate surface area is 81.7 Å². The molecule has 0 radical (unpaired) electrons. The van der Waals surface area contributed by atoms with Crippen molar-refractivity contribution in [1.82, 2.24) is 0 Å². The lowest BCUT2D eigenvalue weighted by atomic mass is 9.89. The van der Waals surface area contributed by atoms with Crippen molar-refractivity contribution in [2.45, 2.75) is 47.1 Å². The van der Waals surface area contributed by atoms with E-state index in [0.717, 1.165) is 6.42 Å². The summed E-state index contributed by atoms with van der Waals surface area (Å²) in [7, 11) is 0. The van der Waals surface area contributed by atoms with Crippen LogP contribution < -0.4 is 0 Å². The van der Waals surface area contributed by atoms with Crippen molar-refractivity contribution in [1.29, 1.82) is 0 Å². The van der Waals surface area contributed by atoms with E-state index in [4.69, 9.17) is 4.74 Å². The molecule has 0 spiro atoms. The van der Waals surface area contributed by atoms with Gasteiger partial charge in [0.15, 0.2) is 0 Å². The summed E-state index contributed by atoms with van der Waals surface area (Å²) < 4.78 is 5.42. The molecular formula is C11H22O2. The standard InChI is InChI=1S/C11H22O2/c1-8(2)11(10(5)12)6-7-13-9(3)4/h8-9,11H,6-7H2,1-5H3. The molecule has 0 aliphatic heterocycles. The van der Waals surface area contributed by atoms with E-state index in [0.29, 0.717) is 12.5 Å². The summed E-state index contributed by atoms with van der Waals surface area (Å²) in [4.78, 5) is 11.2. The Morgan fingerprint density at radius 3 is 2.08 bits per heavy atom. The summed E-state index contributed by atoms with van der Waals surface area (Å²) in [5.41, 5.74) is 0. The van der Waals surface area contributed by atoms with E-state index in [1.54, 1.807) is 6.92 Å². The SMILES string of the molecule is CC(=O)C(CCOC(C)C)C(C)C. The molecule has 78 valence electrons. The van der Waals surface area contributed by atoms with Crippen LogP contribution in [0, 0.1) is 11.8 Å². The van der Waals surface area contributed by atoms with Gasteiger partial charge in [0.2, 0.25) is 0 Å². The molecular weight excluding hydrogens is 164 g/mol. The lowest BCUT2D eigenvalue weighted by Crippen LogP contribution is -2.20. The van der Waals surface area contributed by atoms with Crippen molar-refractivity contribution < 1.29 is 9.53 Å². The van der Waals surface area contributed by atoms with Crippen LogP contribution in [0.4, 0.5) is 0 Å². The highest BCUT2D eigenvalue weighted by Crippen LogP contribution is 2.16. The van der Waals surface area contributed by atoms with Crippen molar-refractivity contribution in [2.24, 2.45) is 11.8 Å². The third kappa shape index (κ3) is 5.81. The zero-order chi connectivity index (χ0) is 10.4. The van der Waals surface area contributed by atoms with Gasteiger partial charge in [0, 0.05) is 12.5 Å². The lowest BCUT2D eigenvalue weighted by Gasteiger charge is -2.18. The summed E-state index contributed by atoms with van der Waals surface area (Å²) in [5, 5.41) is 0. The third-order valence-electron chi connectivity index (χ3n) is 2.21. The lowest BCUT2D eigenvalue weighted by molar-refractivity contribution is -0.122. The fourth-order valence-electron chi connectivity index (χ4n) is 1.44. The topological polar surface area (TPSA) is 26.3 Å². The molecule has 0 aromatic rings.